The monoisotopic (exact) mass is 781 g/mol. The van der Waals surface area contributed by atoms with Crippen LogP contribution in [-0.2, 0) is 0 Å². The van der Waals surface area contributed by atoms with Crippen LogP contribution >= 0.6 is 0 Å². The second-order valence-corrected chi connectivity index (χ2v) is 16.1. The van der Waals surface area contributed by atoms with Gasteiger partial charge in [-0.3, -0.25) is 0 Å². The van der Waals surface area contributed by atoms with Gasteiger partial charge in [0.1, 0.15) is 0 Å². The van der Waals surface area contributed by atoms with Crippen molar-refractivity contribution in [1.82, 2.24) is 0 Å². The highest BCUT2D eigenvalue weighted by molar-refractivity contribution is 5.84. The van der Waals surface area contributed by atoms with Crippen molar-refractivity contribution < 1.29 is 0 Å². The summed E-state index contributed by atoms with van der Waals surface area (Å²) >= 11 is 0. The highest BCUT2D eigenvalue weighted by atomic mass is 15.2. The van der Waals surface area contributed by atoms with Crippen molar-refractivity contribution in [3.05, 3.63) is 270 Å². The van der Waals surface area contributed by atoms with Crippen molar-refractivity contribution in [2.24, 2.45) is 0 Å². The topological polar surface area (TPSA) is 3.24 Å². The van der Waals surface area contributed by atoms with E-state index < -0.39 is 0 Å². The van der Waals surface area contributed by atoms with E-state index in [9.17, 15) is 0 Å². The molecular weight excluding hydrogens is 735 g/mol. The lowest BCUT2D eigenvalue weighted by atomic mass is 9.83. The molecule has 0 spiro atoms. The Balaban J connectivity index is 0.968. The molecule has 4 aliphatic rings. The third kappa shape index (κ3) is 8.27. The van der Waals surface area contributed by atoms with Crippen LogP contribution in [0.25, 0.3) is 44.5 Å². The first kappa shape index (κ1) is 37.8. The Hall–Kier alpha value is -7.40. The molecule has 6 aromatic carbocycles. The fourth-order valence-electron chi connectivity index (χ4n) is 9.04. The number of hydrogen-bond donors (Lipinski definition) is 0. The molecule has 2 unspecified atom stereocenters. The van der Waals surface area contributed by atoms with Gasteiger partial charge in [0.15, 0.2) is 0 Å². The molecule has 0 amide bonds. The molecule has 0 aliphatic heterocycles. The van der Waals surface area contributed by atoms with Gasteiger partial charge in [-0.05, 0) is 134 Å². The van der Waals surface area contributed by atoms with Crippen molar-refractivity contribution in [3.8, 4) is 33.4 Å². The minimum atomic E-state index is 0.0890. The van der Waals surface area contributed by atoms with Crippen molar-refractivity contribution in [3.63, 3.8) is 0 Å². The van der Waals surface area contributed by atoms with Crippen molar-refractivity contribution >= 4 is 16.8 Å². The molecule has 61 heavy (non-hydrogen) atoms. The van der Waals surface area contributed by atoms with Crippen molar-refractivity contribution in [2.75, 3.05) is 4.90 Å². The SMILES string of the molecule is C1=C=CC(C2=C(c3ccc(-c4ccccc4)cc3)C=CC(N(C3=CCC(c4ccc(-c5ccccc5)cc4)C=C3)c3ccc(-c4ccc(C5=CCCC=C5)cc4)cc3)C2)=CC=1. The molecular formula is C60H47N. The number of allylic oxidation sites excluding steroid dienone is 13. The van der Waals surface area contributed by atoms with Gasteiger partial charge in [0.05, 0.1) is 6.04 Å². The average Bonchev–Trinajstić information content (AvgIpc) is 3.36. The summed E-state index contributed by atoms with van der Waals surface area (Å²) in [6, 6.07) is 57.7. The second-order valence-electron chi connectivity index (χ2n) is 16.1. The van der Waals surface area contributed by atoms with E-state index in [2.05, 4.69) is 235 Å². The van der Waals surface area contributed by atoms with E-state index in [1.54, 1.807) is 0 Å². The second kappa shape index (κ2) is 17.4. The zero-order chi connectivity index (χ0) is 40.8. The molecule has 6 aromatic rings. The Labute approximate surface area is 360 Å². The summed E-state index contributed by atoms with van der Waals surface area (Å²) in [5, 5.41) is 0. The molecule has 0 aromatic heterocycles. The molecule has 0 fully saturated rings. The predicted molar refractivity (Wildman–Crippen MR) is 258 cm³/mol. The molecule has 292 valence electrons. The smallest absolute Gasteiger partial charge is 0.0566 e. The summed E-state index contributed by atoms with van der Waals surface area (Å²) in [7, 11) is 0. The van der Waals surface area contributed by atoms with E-state index in [0.29, 0.717) is 5.92 Å². The van der Waals surface area contributed by atoms with E-state index in [1.165, 1.54) is 83.7 Å². The van der Waals surface area contributed by atoms with Crippen LogP contribution in [0.3, 0.4) is 0 Å². The quantitative estimate of drug-likeness (QED) is 0.125. The Morgan fingerprint density at radius 1 is 0.475 bits per heavy atom. The fraction of sp³-hybridized carbons (Fsp3) is 0.100. The van der Waals surface area contributed by atoms with Crippen LogP contribution in [0, 0.1) is 0 Å². The molecule has 0 radical (unpaired) electrons. The van der Waals surface area contributed by atoms with Crippen LogP contribution in [0.5, 0.6) is 0 Å². The fourth-order valence-corrected chi connectivity index (χ4v) is 9.04. The predicted octanol–water partition coefficient (Wildman–Crippen LogP) is 15.4. The summed E-state index contributed by atoms with van der Waals surface area (Å²) in [5.41, 5.74) is 25.1. The maximum absolute atomic E-state index is 3.25. The third-order valence-corrected chi connectivity index (χ3v) is 12.4. The number of anilines is 1. The standard InChI is InChI=1S/C60H47N/c1-5-13-44(14-6-1)47-21-25-50(26-22-47)52-33-37-56(38-34-52)61(57-39-35-53(36-40-57)51-27-23-48(24-28-51)45-15-7-2-8-16-45)58-41-42-59(60(43-58)54-19-11-4-12-20-54)55-31-29-49(30-32-55)46-17-9-3-10-18-46/h1,3,5-7,9-11,13-33,35-42,52,58H,2,8,34,43H2. The Morgan fingerprint density at radius 2 is 1.07 bits per heavy atom. The third-order valence-electron chi connectivity index (χ3n) is 12.4. The molecule has 0 N–H and O–H groups in total. The number of hydrogen-bond acceptors (Lipinski definition) is 1. The lowest BCUT2D eigenvalue weighted by Gasteiger charge is -2.37. The van der Waals surface area contributed by atoms with E-state index >= 15 is 0 Å². The van der Waals surface area contributed by atoms with Crippen LogP contribution in [0.15, 0.2) is 253 Å². The van der Waals surface area contributed by atoms with Crippen LogP contribution in [0.2, 0.25) is 0 Å². The van der Waals surface area contributed by atoms with Crippen LogP contribution in [-0.4, -0.2) is 6.04 Å². The van der Waals surface area contributed by atoms with Gasteiger partial charge >= 0.3 is 0 Å². The maximum atomic E-state index is 3.25. The molecule has 0 saturated heterocycles. The van der Waals surface area contributed by atoms with Gasteiger partial charge in [-0.25, -0.2) is 0 Å². The number of rotatable bonds is 10. The van der Waals surface area contributed by atoms with E-state index in [0.717, 1.165) is 25.7 Å². The average molecular weight is 782 g/mol. The van der Waals surface area contributed by atoms with Crippen molar-refractivity contribution in [1.29, 1.82) is 0 Å². The summed E-state index contributed by atoms with van der Waals surface area (Å²) in [6.07, 6.45) is 29.1. The lowest BCUT2D eigenvalue weighted by molar-refractivity contribution is 0.731. The number of benzene rings is 6. The lowest BCUT2D eigenvalue weighted by Crippen LogP contribution is -2.35. The van der Waals surface area contributed by atoms with Crippen LogP contribution in [0.1, 0.15) is 48.3 Å². The Kier molecular flexibility index (Phi) is 10.8. The first-order valence-electron chi connectivity index (χ1n) is 21.6. The minimum absolute atomic E-state index is 0.0890. The Bertz CT molecular complexity index is 2860. The summed E-state index contributed by atoms with van der Waals surface area (Å²) in [5.74, 6) is 0.319. The van der Waals surface area contributed by atoms with Gasteiger partial charge in [-0.15, -0.1) is 0 Å². The van der Waals surface area contributed by atoms with Gasteiger partial charge in [0.25, 0.3) is 0 Å². The zero-order valence-electron chi connectivity index (χ0n) is 34.3. The highest BCUT2D eigenvalue weighted by Gasteiger charge is 2.28. The molecule has 0 bridgehead atoms. The summed E-state index contributed by atoms with van der Waals surface area (Å²) < 4.78 is 0. The van der Waals surface area contributed by atoms with Gasteiger partial charge in [0, 0.05) is 17.3 Å². The molecule has 0 saturated carbocycles. The number of nitrogens with zero attached hydrogens (tertiary/aromatic N) is 1. The molecule has 2 atom stereocenters. The zero-order valence-corrected chi connectivity index (χ0v) is 34.3. The van der Waals surface area contributed by atoms with Crippen molar-refractivity contribution in [2.45, 2.75) is 37.6 Å². The van der Waals surface area contributed by atoms with Gasteiger partial charge < -0.3 is 4.90 Å². The van der Waals surface area contributed by atoms with E-state index in [-0.39, 0.29) is 6.04 Å². The first-order chi connectivity index (χ1) is 30.2. The first-order valence-corrected chi connectivity index (χ1v) is 21.6. The molecule has 1 heteroatoms. The Morgan fingerprint density at radius 3 is 1.64 bits per heavy atom. The minimum Gasteiger partial charge on any atom is -0.334 e. The van der Waals surface area contributed by atoms with Crippen LogP contribution < -0.4 is 4.90 Å². The molecule has 4 aliphatic carbocycles. The molecule has 10 rings (SSSR count). The summed E-state index contributed by atoms with van der Waals surface area (Å²) in [4.78, 5) is 2.55. The van der Waals surface area contributed by atoms with E-state index in [1.807, 2.05) is 6.08 Å². The highest BCUT2D eigenvalue weighted by Crippen LogP contribution is 2.40. The van der Waals surface area contributed by atoms with Crippen LogP contribution in [0.4, 0.5) is 5.69 Å². The largest absolute Gasteiger partial charge is 0.334 e. The molecule has 0 heterocycles. The van der Waals surface area contributed by atoms with Gasteiger partial charge in [0.2, 0.25) is 0 Å². The van der Waals surface area contributed by atoms with Gasteiger partial charge in [-0.1, -0.05) is 200 Å². The maximum Gasteiger partial charge on any atom is 0.0566 e. The van der Waals surface area contributed by atoms with Gasteiger partial charge in [-0.2, -0.15) is 0 Å². The summed E-state index contributed by atoms with van der Waals surface area (Å²) in [6.45, 7) is 0. The molecule has 1 nitrogen and oxygen atoms in total. The van der Waals surface area contributed by atoms with E-state index in [4.69, 9.17) is 0 Å². The normalized spacial score (nSPS) is 17.9.